The first kappa shape index (κ1) is 9.22. The first-order valence-electron chi connectivity index (χ1n) is 3.05. The molecular weight excluding hydrogens is 201 g/mol. The predicted molar refractivity (Wildman–Crippen MR) is 46.4 cm³/mol. The van der Waals surface area contributed by atoms with E-state index in [1.807, 2.05) is 0 Å². The van der Waals surface area contributed by atoms with Crippen LogP contribution in [0.15, 0.2) is 12.4 Å². The molecule has 64 valence electrons. The van der Waals surface area contributed by atoms with E-state index in [4.69, 9.17) is 23.2 Å². The summed E-state index contributed by atoms with van der Waals surface area (Å²) < 4.78 is 0. The van der Waals surface area contributed by atoms with Crippen LogP contribution in [0.3, 0.4) is 0 Å². The summed E-state index contributed by atoms with van der Waals surface area (Å²) in [6, 6.07) is 0. The number of aromatic nitrogens is 2. The van der Waals surface area contributed by atoms with Crippen molar-refractivity contribution < 1.29 is 4.79 Å². The van der Waals surface area contributed by atoms with E-state index in [1.54, 1.807) is 0 Å². The summed E-state index contributed by atoms with van der Waals surface area (Å²) in [5.74, 6) is -0.268. The molecule has 0 aromatic carbocycles. The minimum absolute atomic E-state index is 0.119. The van der Waals surface area contributed by atoms with Crippen LogP contribution in [0.4, 0.5) is 5.95 Å². The number of nitrogens with one attached hydrogen (secondary N) is 1. The van der Waals surface area contributed by atoms with Gasteiger partial charge in [-0.2, -0.15) is 0 Å². The van der Waals surface area contributed by atoms with E-state index in [9.17, 15) is 4.79 Å². The van der Waals surface area contributed by atoms with Crippen molar-refractivity contribution in [3.05, 3.63) is 17.4 Å². The van der Waals surface area contributed by atoms with Gasteiger partial charge in [-0.1, -0.05) is 11.6 Å². The zero-order valence-corrected chi connectivity index (χ0v) is 7.43. The fourth-order valence-corrected chi connectivity index (χ4v) is 0.699. The molecule has 1 aromatic rings. The average molecular weight is 206 g/mol. The number of nitrogens with zero attached hydrogens (tertiary/aromatic N) is 2. The van der Waals surface area contributed by atoms with Crippen LogP contribution in [0.2, 0.25) is 5.02 Å². The second-order valence-electron chi connectivity index (χ2n) is 1.91. The third kappa shape index (κ3) is 2.64. The zero-order valence-electron chi connectivity index (χ0n) is 5.92. The maximum atomic E-state index is 10.7. The second-order valence-corrected chi connectivity index (χ2v) is 2.61. The molecule has 0 saturated carbocycles. The molecule has 1 rings (SSSR count). The van der Waals surface area contributed by atoms with Gasteiger partial charge in [0.25, 0.3) is 0 Å². The molecule has 0 bridgehead atoms. The number of halogens is 2. The van der Waals surface area contributed by atoms with E-state index in [-0.39, 0.29) is 17.7 Å². The summed E-state index contributed by atoms with van der Waals surface area (Å²) in [5.41, 5.74) is 0. The van der Waals surface area contributed by atoms with Crippen LogP contribution < -0.4 is 5.32 Å². The largest absolute Gasteiger partial charge is 0.293 e. The van der Waals surface area contributed by atoms with Crippen molar-refractivity contribution in [2.24, 2.45) is 0 Å². The quantitative estimate of drug-likeness (QED) is 0.742. The van der Waals surface area contributed by atoms with Crippen molar-refractivity contribution in [3.63, 3.8) is 0 Å². The highest BCUT2D eigenvalue weighted by Gasteiger charge is 2.00. The summed E-state index contributed by atoms with van der Waals surface area (Å²) >= 11 is 10.8. The fourth-order valence-electron chi connectivity index (χ4n) is 0.535. The standard InChI is InChI=1S/C6H5Cl2N3O/c7-1-5(12)11-6-9-2-4(8)3-10-6/h2-3H,1H2,(H,9,10,11,12). The topological polar surface area (TPSA) is 54.9 Å². The van der Waals surface area contributed by atoms with Gasteiger partial charge in [-0.25, -0.2) is 9.97 Å². The lowest BCUT2D eigenvalue weighted by Crippen LogP contribution is -2.14. The van der Waals surface area contributed by atoms with Crippen LogP contribution in [-0.2, 0) is 4.79 Å². The van der Waals surface area contributed by atoms with Crippen LogP contribution in [0.1, 0.15) is 0 Å². The lowest BCUT2D eigenvalue weighted by molar-refractivity contribution is -0.114. The smallest absolute Gasteiger partial charge is 0.241 e. The number of carbonyl (C=O) groups excluding carboxylic acids is 1. The average Bonchev–Trinajstić information content (AvgIpc) is 2.09. The van der Waals surface area contributed by atoms with Gasteiger partial charge >= 0.3 is 0 Å². The fraction of sp³-hybridized carbons (Fsp3) is 0.167. The molecular formula is C6H5Cl2N3O. The summed E-state index contributed by atoms with van der Waals surface area (Å²) in [4.78, 5) is 18.2. The summed E-state index contributed by atoms with van der Waals surface area (Å²) in [6.07, 6.45) is 2.77. The lowest BCUT2D eigenvalue weighted by atomic mass is 10.6. The highest BCUT2D eigenvalue weighted by atomic mass is 35.5. The first-order valence-corrected chi connectivity index (χ1v) is 3.97. The zero-order chi connectivity index (χ0) is 8.97. The Morgan fingerprint density at radius 2 is 2.08 bits per heavy atom. The summed E-state index contributed by atoms with van der Waals surface area (Å²) in [7, 11) is 0. The van der Waals surface area contributed by atoms with Crippen LogP contribution in [0, 0.1) is 0 Å². The Morgan fingerprint density at radius 3 is 2.58 bits per heavy atom. The van der Waals surface area contributed by atoms with Gasteiger partial charge in [0.05, 0.1) is 17.4 Å². The van der Waals surface area contributed by atoms with Crippen molar-refractivity contribution in [2.75, 3.05) is 11.2 Å². The molecule has 0 saturated heterocycles. The maximum absolute atomic E-state index is 10.7. The third-order valence-corrected chi connectivity index (χ3v) is 1.43. The minimum atomic E-state index is -0.348. The predicted octanol–water partition coefficient (Wildman–Crippen LogP) is 1.31. The molecule has 0 atom stereocenters. The Morgan fingerprint density at radius 1 is 1.50 bits per heavy atom. The molecule has 1 N–H and O–H groups in total. The Kier molecular flexibility index (Phi) is 3.25. The van der Waals surface area contributed by atoms with Crippen molar-refractivity contribution in [3.8, 4) is 0 Å². The molecule has 0 spiro atoms. The number of anilines is 1. The van der Waals surface area contributed by atoms with Gasteiger partial charge < -0.3 is 0 Å². The molecule has 0 aliphatic carbocycles. The molecule has 1 amide bonds. The van der Waals surface area contributed by atoms with Crippen LogP contribution in [-0.4, -0.2) is 21.8 Å². The van der Waals surface area contributed by atoms with Gasteiger partial charge in [0.1, 0.15) is 5.88 Å². The van der Waals surface area contributed by atoms with Crippen molar-refractivity contribution in [1.82, 2.24) is 9.97 Å². The highest BCUT2D eigenvalue weighted by molar-refractivity contribution is 6.30. The molecule has 12 heavy (non-hydrogen) atoms. The molecule has 0 aliphatic rings. The molecule has 0 fully saturated rings. The van der Waals surface area contributed by atoms with Crippen molar-refractivity contribution in [1.29, 1.82) is 0 Å². The summed E-state index contributed by atoms with van der Waals surface area (Å²) in [6.45, 7) is 0. The van der Waals surface area contributed by atoms with Gasteiger partial charge in [0.15, 0.2) is 0 Å². The SMILES string of the molecule is O=C(CCl)Nc1ncc(Cl)cn1. The van der Waals surface area contributed by atoms with Gasteiger partial charge in [-0.3, -0.25) is 10.1 Å². The van der Waals surface area contributed by atoms with E-state index in [0.29, 0.717) is 5.02 Å². The Hall–Kier alpha value is -0.870. The van der Waals surface area contributed by atoms with E-state index in [1.165, 1.54) is 12.4 Å². The lowest BCUT2D eigenvalue weighted by Gasteiger charge is -1.98. The number of rotatable bonds is 2. The van der Waals surface area contributed by atoms with Crippen LogP contribution in [0.25, 0.3) is 0 Å². The Balaban J connectivity index is 2.64. The Bertz CT molecular complexity index is 275. The molecule has 1 aromatic heterocycles. The van der Waals surface area contributed by atoms with Crippen LogP contribution >= 0.6 is 23.2 Å². The molecule has 0 unspecified atom stereocenters. The number of hydrogen-bond acceptors (Lipinski definition) is 3. The van der Waals surface area contributed by atoms with Gasteiger partial charge in [0, 0.05) is 0 Å². The number of hydrogen-bond donors (Lipinski definition) is 1. The first-order chi connectivity index (χ1) is 5.72. The highest BCUT2D eigenvalue weighted by Crippen LogP contribution is 2.05. The van der Waals surface area contributed by atoms with Gasteiger partial charge in [0.2, 0.25) is 11.9 Å². The number of carbonyl (C=O) groups is 1. The molecule has 6 heteroatoms. The van der Waals surface area contributed by atoms with E-state index in [0.717, 1.165) is 0 Å². The van der Waals surface area contributed by atoms with Crippen molar-refractivity contribution in [2.45, 2.75) is 0 Å². The third-order valence-electron chi connectivity index (χ3n) is 0.993. The van der Waals surface area contributed by atoms with E-state index >= 15 is 0 Å². The van der Waals surface area contributed by atoms with Crippen LogP contribution in [0.5, 0.6) is 0 Å². The molecule has 0 radical (unpaired) electrons. The molecule has 0 aliphatic heterocycles. The monoisotopic (exact) mass is 205 g/mol. The van der Waals surface area contributed by atoms with E-state index in [2.05, 4.69) is 15.3 Å². The van der Waals surface area contributed by atoms with Crippen molar-refractivity contribution >= 4 is 35.1 Å². The second kappa shape index (κ2) is 4.23. The van der Waals surface area contributed by atoms with E-state index < -0.39 is 0 Å². The van der Waals surface area contributed by atoms with Gasteiger partial charge in [-0.05, 0) is 0 Å². The number of alkyl halides is 1. The van der Waals surface area contributed by atoms with Gasteiger partial charge in [-0.15, -0.1) is 11.6 Å². The maximum Gasteiger partial charge on any atom is 0.241 e. The summed E-state index contributed by atoms with van der Waals surface area (Å²) in [5, 5.41) is 2.78. The Labute approximate surface area is 78.9 Å². The normalized spacial score (nSPS) is 9.50. The molecule has 4 nitrogen and oxygen atoms in total. The minimum Gasteiger partial charge on any atom is -0.293 e. The number of amides is 1. The molecule has 1 heterocycles.